The van der Waals surface area contributed by atoms with Gasteiger partial charge in [-0.15, -0.1) is 0 Å². The Balaban J connectivity index is 1.64. The van der Waals surface area contributed by atoms with Crippen molar-refractivity contribution in [3.8, 4) is 0 Å². The Morgan fingerprint density at radius 1 is 1.32 bits per heavy atom. The number of nitrogens with zero attached hydrogens (tertiary/aromatic N) is 5. The van der Waals surface area contributed by atoms with Gasteiger partial charge in [0.05, 0.1) is 23.1 Å². The molecule has 3 rings (SSSR count). The molecule has 132 valence electrons. The van der Waals surface area contributed by atoms with Crippen molar-refractivity contribution in [2.45, 2.75) is 32.3 Å². The average Bonchev–Trinajstić information content (AvgIpc) is 2.61. The molecule has 0 saturated carbocycles. The van der Waals surface area contributed by atoms with Gasteiger partial charge in [-0.3, -0.25) is 9.78 Å². The second-order valence-corrected chi connectivity index (χ2v) is 6.41. The summed E-state index contributed by atoms with van der Waals surface area (Å²) in [7, 11) is 0. The zero-order chi connectivity index (χ0) is 17.9. The first-order valence-electron chi connectivity index (χ1n) is 8.29. The highest BCUT2D eigenvalue weighted by Gasteiger charge is 2.34. The third kappa shape index (κ3) is 4.08. The third-order valence-electron chi connectivity index (χ3n) is 4.35. The molecule has 0 unspecified atom stereocenters. The van der Waals surface area contributed by atoms with E-state index in [0.29, 0.717) is 30.0 Å². The molecule has 0 spiro atoms. The number of anilines is 1. The largest absolute Gasteiger partial charge is 0.386 e. The third-order valence-corrected chi connectivity index (χ3v) is 4.35. The van der Waals surface area contributed by atoms with E-state index in [1.54, 1.807) is 32.4 Å². The lowest BCUT2D eigenvalue weighted by molar-refractivity contribution is 0.0254. The number of carbonyl (C=O) groups excluding carboxylic acids is 1. The standard InChI is InChI=1S/C17H22N6O2/c1-12-14(8-20-13(2)22-12)16(24)21-10-17(25)4-3-7-23(11-17)15-9-18-5-6-19-15/h5-6,8-9,25H,3-4,7,10-11H2,1-2H3,(H,21,24)/t17-/m0/s1. The molecule has 0 bridgehead atoms. The van der Waals surface area contributed by atoms with Gasteiger partial charge < -0.3 is 15.3 Å². The van der Waals surface area contributed by atoms with E-state index in [4.69, 9.17) is 0 Å². The number of hydrogen-bond acceptors (Lipinski definition) is 7. The summed E-state index contributed by atoms with van der Waals surface area (Å²) in [6, 6.07) is 0. The number of piperidine rings is 1. The summed E-state index contributed by atoms with van der Waals surface area (Å²) in [6.45, 7) is 4.92. The predicted octanol–water partition coefficient (Wildman–Crippen LogP) is 0.645. The fourth-order valence-corrected chi connectivity index (χ4v) is 3.05. The lowest BCUT2D eigenvalue weighted by Crippen LogP contribution is -2.54. The van der Waals surface area contributed by atoms with Gasteiger partial charge in [0.1, 0.15) is 11.6 Å². The topological polar surface area (TPSA) is 104 Å². The smallest absolute Gasteiger partial charge is 0.254 e. The highest BCUT2D eigenvalue weighted by molar-refractivity contribution is 5.94. The molecule has 1 saturated heterocycles. The van der Waals surface area contributed by atoms with E-state index < -0.39 is 5.60 Å². The number of carbonyl (C=O) groups is 1. The monoisotopic (exact) mass is 342 g/mol. The normalized spacial score (nSPS) is 20.4. The van der Waals surface area contributed by atoms with E-state index in [1.165, 1.54) is 6.20 Å². The Morgan fingerprint density at radius 2 is 2.16 bits per heavy atom. The molecule has 25 heavy (non-hydrogen) atoms. The molecule has 8 heteroatoms. The molecule has 1 fully saturated rings. The summed E-state index contributed by atoms with van der Waals surface area (Å²) in [6.07, 6.45) is 7.88. The van der Waals surface area contributed by atoms with E-state index >= 15 is 0 Å². The number of aliphatic hydroxyl groups is 1. The van der Waals surface area contributed by atoms with Gasteiger partial charge in [0.25, 0.3) is 5.91 Å². The molecule has 2 N–H and O–H groups in total. The summed E-state index contributed by atoms with van der Waals surface area (Å²) >= 11 is 0. The maximum absolute atomic E-state index is 12.4. The number of β-amino-alcohol motifs (C(OH)–C–C–N with tert-alkyl or cyclic N) is 1. The van der Waals surface area contributed by atoms with Crippen LogP contribution in [-0.2, 0) is 0 Å². The first kappa shape index (κ1) is 17.2. The highest BCUT2D eigenvalue weighted by atomic mass is 16.3. The van der Waals surface area contributed by atoms with Crippen LogP contribution in [0.1, 0.15) is 34.7 Å². The number of aromatic nitrogens is 4. The molecule has 1 aliphatic heterocycles. The molecule has 1 aliphatic rings. The van der Waals surface area contributed by atoms with Gasteiger partial charge >= 0.3 is 0 Å². The van der Waals surface area contributed by atoms with Gasteiger partial charge in [-0.2, -0.15) is 0 Å². The van der Waals surface area contributed by atoms with Crippen LogP contribution in [0.2, 0.25) is 0 Å². The van der Waals surface area contributed by atoms with Gasteiger partial charge in [0.2, 0.25) is 0 Å². The number of amides is 1. The first-order chi connectivity index (χ1) is 12.0. The van der Waals surface area contributed by atoms with Crippen LogP contribution in [0.25, 0.3) is 0 Å². The minimum Gasteiger partial charge on any atom is -0.386 e. The van der Waals surface area contributed by atoms with Crippen LogP contribution < -0.4 is 10.2 Å². The van der Waals surface area contributed by atoms with Gasteiger partial charge in [-0.05, 0) is 26.7 Å². The molecule has 2 aromatic rings. The second-order valence-electron chi connectivity index (χ2n) is 6.41. The van der Waals surface area contributed by atoms with E-state index in [0.717, 1.165) is 18.8 Å². The first-order valence-corrected chi connectivity index (χ1v) is 8.29. The second kappa shape index (κ2) is 7.10. The van der Waals surface area contributed by atoms with Crippen LogP contribution in [0.15, 0.2) is 24.8 Å². The van der Waals surface area contributed by atoms with E-state index in [2.05, 4.69) is 25.3 Å². The van der Waals surface area contributed by atoms with Crippen LogP contribution in [-0.4, -0.2) is 56.2 Å². The van der Waals surface area contributed by atoms with Crippen molar-refractivity contribution in [3.05, 3.63) is 41.9 Å². The molecule has 2 aromatic heterocycles. The Kier molecular flexibility index (Phi) is 4.89. The molecular formula is C17H22N6O2. The Morgan fingerprint density at radius 3 is 2.88 bits per heavy atom. The van der Waals surface area contributed by atoms with Crippen LogP contribution >= 0.6 is 0 Å². The number of aryl methyl sites for hydroxylation is 2. The minimum atomic E-state index is -1.01. The zero-order valence-electron chi connectivity index (χ0n) is 14.4. The Hall–Kier alpha value is -2.61. The average molecular weight is 342 g/mol. The maximum atomic E-state index is 12.4. The number of hydrogen-bond donors (Lipinski definition) is 2. The Bertz CT molecular complexity index is 754. The molecule has 0 aliphatic carbocycles. The summed E-state index contributed by atoms with van der Waals surface area (Å²) in [5, 5.41) is 13.7. The number of nitrogens with one attached hydrogen (secondary N) is 1. The van der Waals surface area contributed by atoms with Gasteiger partial charge in [0, 0.05) is 38.2 Å². The van der Waals surface area contributed by atoms with Crippen molar-refractivity contribution in [1.82, 2.24) is 25.3 Å². The minimum absolute atomic E-state index is 0.163. The molecule has 1 amide bonds. The lowest BCUT2D eigenvalue weighted by Gasteiger charge is -2.39. The predicted molar refractivity (Wildman–Crippen MR) is 92.3 cm³/mol. The fraction of sp³-hybridized carbons (Fsp3) is 0.471. The van der Waals surface area contributed by atoms with E-state index in [1.807, 2.05) is 4.90 Å². The molecule has 3 heterocycles. The molecule has 0 aromatic carbocycles. The lowest BCUT2D eigenvalue weighted by atomic mass is 9.92. The SMILES string of the molecule is Cc1ncc(C(=O)NC[C@@]2(O)CCCN(c3cnccn3)C2)c(C)n1. The van der Waals surface area contributed by atoms with Gasteiger partial charge in [-0.1, -0.05) is 0 Å². The van der Waals surface area contributed by atoms with Crippen LogP contribution in [0.3, 0.4) is 0 Å². The Labute approximate surface area is 146 Å². The quantitative estimate of drug-likeness (QED) is 0.840. The fourth-order valence-electron chi connectivity index (χ4n) is 3.05. The number of rotatable bonds is 4. The van der Waals surface area contributed by atoms with Crippen LogP contribution in [0.5, 0.6) is 0 Å². The maximum Gasteiger partial charge on any atom is 0.254 e. The van der Waals surface area contributed by atoms with Crippen molar-refractivity contribution >= 4 is 11.7 Å². The van der Waals surface area contributed by atoms with Crippen molar-refractivity contribution in [3.63, 3.8) is 0 Å². The molecule has 8 nitrogen and oxygen atoms in total. The van der Waals surface area contributed by atoms with Crippen molar-refractivity contribution < 1.29 is 9.90 Å². The summed E-state index contributed by atoms with van der Waals surface area (Å²) < 4.78 is 0. The van der Waals surface area contributed by atoms with Crippen molar-refractivity contribution in [2.75, 3.05) is 24.5 Å². The van der Waals surface area contributed by atoms with Crippen LogP contribution in [0, 0.1) is 13.8 Å². The summed E-state index contributed by atoms with van der Waals surface area (Å²) in [4.78, 5) is 31.0. The molecule has 0 radical (unpaired) electrons. The van der Waals surface area contributed by atoms with Crippen molar-refractivity contribution in [1.29, 1.82) is 0 Å². The molecular weight excluding hydrogens is 320 g/mol. The van der Waals surface area contributed by atoms with Gasteiger partial charge in [0.15, 0.2) is 0 Å². The van der Waals surface area contributed by atoms with Gasteiger partial charge in [-0.25, -0.2) is 15.0 Å². The van der Waals surface area contributed by atoms with Crippen molar-refractivity contribution in [2.24, 2.45) is 0 Å². The van der Waals surface area contributed by atoms with Crippen LogP contribution in [0.4, 0.5) is 5.82 Å². The summed E-state index contributed by atoms with van der Waals surface area (Å²) in [5.74, 6) is 1.08. The zero-order valence-corrected chi connectivity index (χ0v) is 14.4. The van der Waals surface area contributed by atoms with E-state index in [-0.39, 0.29) is 12.5 Å². The summed E-state index contributed by atoms with van der Waals surface area (Å²) in [5.41, 5.74) is 0.0443. The van der Waals surface area contributed by atoms with E-state index in [9.17, 15) is 9.90 Å². The highest BCUT2D eigenvalue weighted by Crippen LogP contribution is 2.24. The molecule has 1 atom stereocenters.